The standard InChI is InChI=1S/C12H14ClFO2/c1-6-5-10(13)8(3)9(11(6)14)4-7(2)12(15)16/h5,7H,4H2,1-3H3,(H,15,16). The van der Waals surface area contributed by atoms with E-state index in [-0.39, 0.29) is 12.2 Å². The first-order chi connectivity index (χ1) is 7.34. The third-order valence-electron chi connectivity index (χ3n) is 2.70. The van der Waals surface area contributed by atoms with Gasteiger partial charge in [-0.05, 0) is 43.0 Å². The fraction of sp³-hybridized carbons (Fsp3) is 0.417. The zero-order chi connectivity index (χ0) is 12.5. The minimum Gasteiger partial charge on any atom is -0.481 e. The van der Waals surface area contributed by atoms with Gasteiger partial charge in [-0.3, -0.25) is 4.79 Å². The summed E-state index contributed by atoms with van der Waals surface area (Å²) < 4.78 is 13.8. The van der Waals surface area contributed by atoms with E-state index in [2.05, 4.69) is 0 Å². The molecule has 1 atom stereocenters. The Kier molecular flexibility index (Phi) is 3.92. The predicted molar refractivity (Wildman–Crippen MR) is 61.4 cm³/mol. The average molecular weight is 245 g/mol. The van der Waals surface area contributed by atoms with Gasteiger partial charge in [0, 0.05) is 5.02 Å². The molecule has 0 saturated carbocycles. The number of carbonyl (C=O) groups is 1. The van der Waals surface area contributed by atoms with Gasteiger partial charge in [0.25, 0.3) is 0 Å². The molecule has 0 radical (unpaired) electrons. The molecule has 1 N–H and O–H groups in total. The average Bonchev–Trinajstić information content (AvgIpc) is 2.21. The van der Waals surface area contributed by atoms with Crippen molar-refractivity contribution in [3.63, 3.8) is 0 Å². The molecule has 0 bridgehead atoms. The van der Waals surface area contributed by atoms with Crippen LogP contribution in [-0.2, 0) is 11.2 Å². The number of carboxylic acids is 1. The van der Waals surface area contributed by atoms with Crippen LogP contribution >= 0.6 is 11.6 Å². The highest BCUT2D eigenvalue weighted by Crippen LogP contribution is 2.27. The van der Waals surface area contributed by atoms with Crippen LogP contribution in [-0.4, -0.2) is 11.1 Å². The summed E-state index contributed by atoms with van der Waals surface area (Å²) in [5, 5.41) is 9.29. The van der Waals surface area contributed by atoms with Crippen LogP contribution in [0.25, 0.3) is 0 Å². The number of aryl methyl sites for hydroxylation is 1. The summed E-state index contributed by atoms with van der Waals surface area (Å²) in [6.45, 7) is 4.88. The number of halogens is 2. The molecule has 0 aliphatic rings. The van der Waals surface area contributed by atoms with Crippen LogP contribution in [0.3, 0.4) is 0 Å². The van der Waals surface area contributed by atoms with E-state index in [9.17, 15) is 9.18 Å². The first-order valence-electron chi connectivity index (χ1n) is 5.01. The van der Waals surface area contributed by atoms with Crippen molar-refractivity contribution in [1.29, 1.82) is 0 Å². The van der Waals surface area contributed by atoms with Crippen LogP contribution in [0, 0.1) is 25.6 Å². The summed E-state index contributed by atoms with van der Waals surface area (Å²) >= 11 is 5.94. The zero-order valence-corrected chi connectivity index (χ0v) is 10.2. The molecule has 2 nitrogen and oxygen atoms in total. The van der Waals surface area contributed by atoms with Gasteiger partial charge in [-0.1, -0.05) is 18.5 Å². The van der Waals surface area contributed by atoms with Gasteiger partial charge in [0.05, 0.1) is 5.92 Å². The van der Waals surface area contributed by atoms with Crippen molar-refractivity contribution in [1.82, 2.24) is 0 Å². The fourth-order valence-electron chi connectivity index (χ4n) is 1.54. The van der Waals surface area contributed by atoms with Crippen molar-refractivity contribution < 1.29 is 14.3 Å². The molecular formula is C12H14ClFO2. The minimum absolute atomic E-state index is 0.161. The van der Waals surface area contributed by atoms with E-state index < -0.39 is 11.9 Å². The topological polar surface area (TPSA) is 37.3 Å². The van der Waals surface area contributed by atoms with E-state index in [0.29, 0.717) is 21.7 Å². The summed E-state index contributed by atoms with van der Waals surface area (Å²) in [5.41, 5.74) is 1.47. The van der Waals surface area contributed by atoms with Gasteiger partial charge in [0.15, 0.2) is 0 Å². The molecule has 1 rings (SSSR count). The summed E-state index contributed by atoms with van der Waals surface area (Å²) in [6.07, 6.45) is 0.161. The smallest absolute Gasteiger partial charge is 0.306 e. The Morgan fingerprint density at radius 2 is 2.12 bits per heavy atom. The molecule has 1 aromatic carbocycles. The van der Waals surface area contributed by atoms with Gasteiger partial charge >= 0.3 is 5.97 Å². The van der Waals surface area contributed by atoms with Crippen LogP contribution in [0.15, 0.2) is 6.07 Å². The first-order valence-corrected chi connectivity index (χ1v) is 5.39. The molecule has 16 heavy (non-hydrogen) atoms. The number of rotatable bonds is 3. The molecule has 0 fully saturated rings. The van der Waals surface area contributed by atoms with E-state index in [1.165, 1.54) is 0 Å². The van der Waals surface area contributed by atoms with Crippen LogP contribution in [0.1, 0.15) is 23.6 Å². The SMILES string of the molecule is Cc1cc(Cl)c(C)c(CC(C)C(=O)O)c1F. The molecule has 1 aromatic rings. The summed E-state index contributed by atoms with van der Waals surface area (Å²) in [6, 6.07) is 1.56. The van der Waals surface area contributed by atoms with Crippen molar-refractivity contribution in [2.45, 2.75) is 27.2 Å². The summed E-state index contributed by atoms with van der Waals surface area (Å²) in [5.74, 6) is -1.91. The Hall–Kier alpha value is -1.09. The van der Waals surface area contributed by atoms with Gasteiger partial charge in [-0.2, -0.15) is 0 Å². The Morgan fingerprint density at radius 3 is 2.62 bits per heavy atom. The number of aliphatic carboxylic acids is 1. The normalized spacial score (nSPS) is 12.6. The Morgan fingerprint density at radius 1 is 1.56 bits per heavy atom. The third-order valence-corrected chi connectivity index (χ3v) is 3.09. The number of hydrogen-bond acceptors (Lipinski definition) is 1. The van der Waals surface area contributed by atoms with Gasteiger partial charge in [-0.15, -0.1) is 0 Å². The quantitative estimate of drug-likeness (QED) is 0.885. The van der Waals surface area contributed by atoms with Gasteiger partial charge in [0.2, 0.25) is 0 Å². The van der Waals surface area contributed by atoms with Gasteiger partial charge < -0.3 is 5.11 Å². The molecule has 0 spiro atoms. The maximum Gasteiger partial charge on any atom is 0.306 e. The van der Waals surface area contributed by atoms with E-state index in [0.717, 1.165) is 0 Å². The number of carboxylic acid groups (broad SMARTS) is 1. The second kappa shape index (κ2) is 4.83. The predicted octanol–water partition coefficient (Wildman–Crippen LogP) is 3.36. The van der Waals surface area contributed by atoms with Crippen molar-refractivity contribution in [3.05, 3.63) is 33.6 Å². The second-order valence-electron chi connectivity index (χ2n) is 4.04. The fourth-order valence-corrected chi connectivity index (χ4v) is 1.82. The van der Waals surface area contributed by atoms with Crippen LogP contribution in [0.4, 0.5) is 4.39 Å². The molecule has 0 heterocycles. The third kappa shape index (κ3) is 2.53. The van der Waals surface area contributed by atoms with Crippen LogP contribution < -0.4 is 0 Å². The maximum atomic E-state index is 13.8. The van der Waals surface area contributed by atoms with E-state index in [4.69, 9.17) is 16.7 Å². The van der Waals surface area contributed by atoms with Gasteiger partial charge in [-0.25, -0.2) is 4.39 Å². The van der Waals surface area contributed by atoms with Crippen molar-refractivity contribution in [2.75, 3.05) is 0 Å². The second-order valence-corrected chi connectivity index (χ2v) is 4.44. The molecule has 0 aliphatic carbocycles. The highest BCUT2D eigenvalue weighted by molar-refractivity contribution is 6.31. The molecule has 0 saturated heterocycles. The van der Waals surface area contributed by atoms with Gasteiger partial charge in [0.1, 0.15) is 5.82 Å². The minimum atomic E-state index is -0.934. The molecule has 4 heteroatoms. The van der Waals surface area contributed by atoms with E-state index in [1.807, 2.05) is 0 Å². The summed E-state index contributed by atoms with van der Waals surface area (Å²) in [4.78, 5) is 10.7. The lowest BCUT2D eigenvalue weighted by Gasteiger charge is -2.13. The van der Waals surface area contributed by atoms with Crippen molar-refractivity contribution in [3.8, 4) is 0 Å². The summed E-state index contributed by atoms with van der Waals surface area (Å²) in [7, 11) is 0. The lowest BCUT2D eigenvalue weighted by molar-refractivity contribution is -0.141. The number of hydrogen-bond donors (Lipinski definition) is 1. The lowest BCUT2D eigenvalue weighted by Crippen LogP contribution is -2.14. The highest BCUT2D eigenvalue weighted by atomic mass is 35.5. The number of benzene rings is 1. The van der Waals surface area contributed by atoms with Crippen molar-refractivity contribution in [2.24, 2.45) is 5.92 Å². The Labute approximate surface area is 99.0 Å². The Bertz CT molecular complexity index is 403. The van der Waals surface area contributed by atoms with E-state index >= 15 is 0 Å². The maximum absolute atomic E-state index is 13.8. The molecule has 1 unspecified atom stereocenters. The molecule has 0 amide bonds. The molecule has 88 valence electrons. The largest absolute Gasteiger partial charge is 0.481 e. The Balaban J connectivity index is 3.17. The molecule has 0 aromatic heterocycles. The molecule has 0 aliphatic heterocycles. The zero-order valence-electron chi connectivity index (χ0n) is 9.47. The first kappa shape index (κ1) is 13.0. The van der Waals surface area contributed by atoms with Crippen molar-refractivity contribution >= 4 is 17.6 Å². The van der Waals surface area contributed by atoms with Crippen LogP contribution in [0.5, 0.6) is 0 Å². The van der Waals surface area contributed by atoms with E-state index in [1.54, 1.807) is 26.8 Å². The van der Waals surface area contributed by atoms with Crippen LogP contribution in [0.2, 0.25) is 5.02 Å². The molecular weight excluding hydrogens is 231 g/mol. The lowest BCUT2D eigenvalue weighted by atomic mass is 9.95. The highest BCUT2D eigenvalue weighted by Gasteiger charge is 2.18. The monoisotopic (exact) mass is 244 g/mol.